The summed E-state index contributed by atoms with van der Waals surface area (Å²) in [6.45, 7) is 10.6. The Balaban J connectivity index is 2.86. The molecule has 17 heavy (non-hydrogen) atoms. The van der Waals surface area contributed by atoms with E-state index in [4.69, 9.17) is 17.0 Å². The highest BCUT2D eigenvalue weighted by atomic mass is 32.1. The fraction of sp³-hybridized carbons (Fsp3) is 0.769. The van der Waals surface area contributed by atoms with Crippen molar-refractivity contribution in [3.8, 4) is 0 Å². The topological polar surface area (TPSA) is 29.9 Å². The third-order valence-corrected chi connectivity index (χ3v) is 3.40. The summed E-state index contributed by atoms with van der Waals surface area (Å²) in [4.78, 5) is 3.14. The predicted octanol–water partition coefficient (Wildman–Crippen LogP) is 3.73. The molecule has 0 bridgehead atoms. The number of rotatable bonds is 6. The van der Waals surface area contributed by atoms with Crippen LogP contribution in [0.1, 0.15) is 45.7 Å². The Morgan fingerprint density at radius 1 is 1.47 bits per heavy atom. The van der Waals surface area contributed by atoms with Crippen molar-refractivity contribution in [2.24, 2.45) is 5.41 Å². The molecule has 0 aliphatic rings. The lowest BCUT2D eigenvalue weighted by molar-refractivity contribution is 0.141. The van der Waals surface area contributed by atoms with E-state index in [-0.39, 0.29) is 5.41 Å². The Morgan fingerprint density at radius 3 is 2.65 bits per heavy atom. The summed E-state index contributed by atoms with van der Waals surface area (Å²) in [5.41, 5.74) is 1.47. The number of hydrogen-bond donors (Lipinski definition) is 1. The lowest BCUT2D eigenvalue weighted by atomic mass is 9.89. The van der Waals surface area contributed by atoms with Gasteiger partial charge in [-0.15, -0.1) is 0 Å². The molecule has 1 aromatic heterocycles. The van der Waals surface area contributed by atoms with E-state index in [9.17, 15) is 0 Å². The second-order valence-electron chi connectivity index (χ2n) is 5.67. The van der Waals surface area contributed by atoms with Crippen LogP contribution in [-0.2, 0) is 11.3 Å². The first-order valence-electron chi connectivity index (χ1n) is 6.14. The van der Waals surface area contributed by atoms with Crippen molar-refractivity contribution in [3.63, 3.8) is 0 Å². The van der Waals surface area contributed by atoms with Gasteiger partial charge in [0, 0.05) is 32.2 Å². The number of nitrogens with one attached hydrogen (secondary N) is 1. The molecule has 0 radical (unpaired) electrons. The smallest absolute Gasteiger partial charge is 0.177 e. The molecule has 98 valence electrons. The zero-order valence-electron chi connectivity index (χ0n) is 11.5. The van der Waals surface area contributed by atoms with Crippen LogP contribution in [0.4, 0.5) is 0 Å². The van der Waals surface area contributed by atoms with E-state index in [1.165, 1.54) is 5.69 Å². The molecule has 0 fully saturated rings. The van der Waals surface area contributed by atoms with E-state index in [0.717, 1.165) is 24.3 Å². The fourth-order valence-electron chi connectivity index (χ4n) is 1.94. The number of aromatic amines is 1. The Morgan fingerprint density at radius 2 is 2.12 bits per heavy atom. The van der Waals surface area contributed by atoms with Gasteiger partial charge in [0.2, 0.25) is 0 Å². The van der Waals surface area contributed by atoms with Crippen molar-refractivity contribution in [2.75, 3.05) is 13.7 Å². The number of methoxy groups -OCH3 is 1. The van der Waals surface area contributed by atoms with Crippen molar-refractivity contribution >= 4 is 12.2 Å². The van der Waals surface area contributed by atoms with Gasteiger partial charge in [-0.3, -0.25) is 0 Å². The molecule has 1 N–H and O–H groups in total. The minimum absolute atomic E-state index is 0.195. The van der Waals surface area contributed by atoms with Gasteiger partial charge in [-0.25, -0.2) is 0 Å². The van der Waals surface area contributed by atoms with Gasteiger partial charge in [-0.1, -0.05) is 27.7 Å². The molecule has 1 rings (SSSR count). The molecule has 3 nitrogen and oxygen atoms in total. The monoisotopic (exact) mass is 256 g/mol. The molecule has 0 spiro atoms. The Kier molecular flexibility index (Phi) is 4.95. The summed E-state index contributed by atoms with van der Waals surface area (Å²) in [5.74, 6) is 0.487. The maximum absolute atomic E-state index is 5.35. The summed E-state index contributed by atoms with van der Waals surface area (Å²) in [6.07, 6.45) is 3.06. The molecular formula is C13H24N2OS. The first-order valence-corrected chi connectivity index (χ1v) is 6.55. The summed E-state index contributed by atoms with van der Waals surface area (Å²) in [6, 6.07) is 0. The standard InChI is InChI=1S/C13H24N2OS/c1-10(2)11-8-14-12(17)15(11)9-13(3,4)6-7-16-5/h8,10H,6-7,9H2,1-5H3,(H,14,17). The quantitative estimate of drug-likeness (QED) is 0.786. The van der Waals surface area contributed by atoms with Gasteiger partial charge in [0.15, 0.2) is 4.77 Å². The highest BCUT2D eigenvalue weighted by Gasteiger charge is 2.20. The van der Waals surface area contributed by atoms with Crippen molar-refractivity contribution in [1.29, 1.82) is 0 Å². The van der Waals surface area contributed by atoms with E-state index < -0.39 is 0 Å². The average Bonchev–Trinajstić information content (AvgIpc) is 2.57. The molecule has 0 saturated carbocycles. The third-order valence-electron chi connectivity index (χ3n) is 3.06. The van der Waals surface area contributed by atoms with Gasteiger partial charge in [0.1, 0.15) is 0 Å². The van der Waals surface area contributed by atoms with Gasteiger partial charge in [0.05, 0.1) is 0 Å². The zero-order valence-corrected chi connectivity index (χ0v) is 12.4. The fourth-order valence-corrected chi connectivity index (χ4v) is 2.16. The summed E-state index contributed by atoms with van der Waals surface area (Å²) >= 11 is 5.35. The van der Waals surface area contributed by atoms with Gasteiger partial charge < -0.3 is 14.3 Å². The number of hydrogen-bond acceptors (Lipinski definition) is 2. The molecule has 4 heteroatoms. The van der Waals surface area contributed by atoms with Crippen LogP contribution in [0.3, 0.4) is 0 Å². The van der Waals surface area contributed by atoms with E-state index in [2.05, 4.69) is 37.2 Å². The number of aromatic nitrogens is 2. The van der Waals surface area contributed by atoms with Crippen LogP contribution < -0.4 is 0 Å². The van der Waals surface area contributed by atoms with E-state index in [1.807, 2.05) is 6.20 Å². The number of ether oxygens (including phenoxy) is 1. The maximum Gasteiger partial charge on any atom is 0.177 e. The summed E-state index contributed by atoms with van der Waals surface area (Å²) in [5, 5.41) is 0. The van der Waals surface area contributed by atoms with Crippen LogP contribution in [0.2, 0.25) is 0 Å². The number of H-pyrrole nitrogens is 1. The van der Waals surface area contributed by atoms with Crippen LogP contribution in [0, 0.1) is 10.2 Å². The molecule has 1 heterocycles. The van der Waals surface area contributed by atoms with Crippen molar-refractivity contribution in [3.05, 3.63) is 16.7 Å². The minimum atomic E-state index is 0.195. The molecular weight excluding hydrogens is 232 g/mol. The molecule has 0 atom stereocenters. The third kappa shape index (κ3) is 3.96. The van der Waals surface area contributed by atoms with Crippen molar-refractivity contribution in [2.45, 2.75) is 46.6 Å². The van der Waals surface area contributed by atoms with Crippen LogP contribution in [0.15, 0.2) is 6.20 Å². The molecule has 0 amide bonds. The van der Waals surface area contributed by atoms with Crippen LogP contribution in [0.5, 0.6) is 0 Å². The largest absolute Gasteiger partial charge is 0.385 e. The molecule has 0 aliphatic carbocycles. The molecule has 1 aromatic rings. The van der Waals surface area contributed by atoms with Crippen molar-refractivity contribution < 1.29 is 4.74 Å². The van der Waals surface area contributed by atoms with Crippen LogP contribution in [-0.4, -0.2) is 23.3 Å². The average molecular weight is 256 g/mol. The molecule has 0 saturated heterocycles. The van der Waals surface area contributed by atoms with E-state index in [1.54, 1.807) is 7.11 Å². The predicted molar refractivity (Wildman–Crippen MR) is 74.0 cm³/mol. The first kappa shape index (κ1) is 14.5. The first-order chi connectivity index (χ1) is 7.87. The second-order valence-corrected chi connectivity index (χ2v) is 6.05. The Hall–Kier alpha value is -0.610. The Labute approximate surface area is 109 Å². The second kappa shape index (κ2) is 5.83. The van der Waals surface area contributed by atoms with Gasteiger partial charge in [-0.05, 0) is 30.0 Å². The zero-order chi connectivity index (χ0) is 13.1. The maximum atomic E-state index is 5.35. The number of nitrogens with zero attached hydrogens (tertiary/aromatic N) is 1. The highest BCUT2D eigenvalue weighted by molar-refractivity contribution is 7.71. The minimum Gasteiger partial charge on any atom is -0.385 e. The molecule has 0 aliphatic heterocycles. The molecule has 0 aromatic carbocycles. The van der Waals surface area contributed by atoms with Crippen LogP contribution in [0.25, 0.3) is 0 Å². The lowest BCUT2D eigenvalue weighted by Gasteiger charge is -2.26. The van der Waals surface area contributed by atoms with E-state index >= 15 is 0 Å². The Bertz CT molecular complexity index is 404. The number of imidazole rings is 1. The van der Waals surface area contributed by atoms with Crippen LogP contribution >= 0.6 is 12.2 Å². The normalized spacial score (nSPS) is 12.4. The summed E-state index contributed by atoms with van der Waals surface area (Å²) < 4.78 is 8.20. The molecule has 0 unspecified atom stereocenters. The van der Waals surface area contributed by atoms with Gasteiger partial charge in [-0.2, -0.15) is 0 Å². The van der Waals surface area contributed by atoms with Gasteiger partial charge in [0.25, 0.3) is 0 Å². The van der Waals surface area contributed by atoms with E-state index in [0.29, 0.717) is 5.92 Å². The highest BCUT2D eigenvalue weighted by Crippen LogP contribution is 2.26. The van der Waals surface area contributed by atoms with Crippen molar-refractivity contribution in [1.82, 2.24) is 9.55 Å². The lowest BCUT2D eigenvalue weighted by Crippen LogP contribution is -2.23. The summed E-state index contributed by atoms with van der Waals surface area (Å²) in [7, 11) is 1.75. The van der Waals surface area contributed by atoms with Gasteiger partial charge >= 0.3 is 0 Å². The SMILES string of the molecule is COCCC(C)(C)Cn1c(C(C)C)c[nH]c1=S.